The van der Waals surface area contributed by atoms with E-state index >= 15 is 0 Å². The predicted octanol–water partition coefficient (Wildman–Crippen LogP) is -0.0503. The summed E-state index contributed by atoms with van der Waals surface area (Å²) in [6.07, 6.45) is -10.5. The minimum absolute atomic E-state index is 0.00715. The number of furan rings is 1. The van der Waals surface area contributed by atoms with Crippen LogP contribution in [0.3, 0.4) is 0 Å². The van der Waals surface area contributed by atoms with Gasteiger partial charge in [0.1, 0.15) is 5.66 Å². The number of hydrogen-bond acceptors (Lipinski definition) is 4. The van der Waals surface area contributed by atoms with Crippen LogP contribution in [0.25, 0.3) is 0 Å². The number of piperidine rings is 1. The minimum atomic E-state index is -3.52. The average Bonchev–Trinajstić information content (AvgIpc) is 2.85. The highest BCUT2D eigenvalue weighted by Gasteiger charge is 2.19. The van der Waals surface area contributed by atoms with Gasteiger partial charge in [-0.25, -0.2) is 0 Å². The van der Waals surface area contributed by atoms with E-state index in [1.165, 1.54) is 0 Å². The van der Waals surface area contributed by atoms with Crippen molar-refractivity contribution in [3.05, 3.63) is 12.1 Å². The molecule has 14 heavy (non-hydrogen) atoms. The van der Waals surface area contributed by atoms with E-state index in [9.17, 15) is 0 Å². The van der Waals surface area contributed by atoms with E-state index in [1.54, 1.807) is 0 Å². The Morgan fingerprint density at radius 1 is 1.29 bits per heavy atom. The Hall–Kier alpha value is -0.935. The maximum absolute atomic E-state index is 9.03. The quantitative estimate of drug-likeness (QED) is 0.664. The van der Waals surface area contributed by atoms with Gasteiger partial charge < -0.3 is 19.4 Å². The van der Waals surface area contributed by atoms with Crippen LogP contribution in [0.2, 0.25) is 0 Å². The number of rotatable bonds is 2. The zero-order chi connectivity index (χ0) is 18.9. The van der Waals surface area contributed by atoms with Crippen LogP contribution in [-0.4, -0.2) is 30.2 Å². The Bertz CT molecular complexity index is 615. The second kappa shape index (κ2) is 4.06. The molecule has 0 amide bonds. The summed E-state index contributed by atoms with van der Waals surface area (Å²) < 4.78 is 82.9. The van der Waals surface area contributed by atoms with Gasteiger partial charge in [0, 0.05) is 32.8 Å². The fourth-order valence-corrected chi connectivity index (χ4v) is 0.938. The van der Waals surface area contributed by atoms with Crippen LogP contribution in [0.4, 0.5) is 5.88 Å². The number of nitrogens with zero attached hydrogens (tertiary/aromatic N) is 1. The van der Waals surface area contributed by atoms with Crippen molar-refractivity contribution in [1.82, 2.24) is 0 Å². The molecule has 0 bridgehead atoms. The lowest BCUT2D eigenvalue weighted by Gasteiger charge is -2.25. The Balaban J connectivity index is 2.73. The first-order valence-corrected chi connectivity index (χ1v) is 3.79. The molecule has 1 aliphatic heterocycles. The monoisotopic (exact) mass is 205 g/mol. The molecule has 0 aliphatic carbocycles. The zero-order valence-corrected chi connectivity index (χ0v) is 6.98. The van der Waals surface area contributed by atoms with E-state index in [1.807, 2.05) is 0 Å². The number of hydrogen-bond donors (Lipinski definition) is 2. The van der Waals surface area contributed by atoms with Crippen LogP contribution in [0.1, 0.15) is 32.8 Å². The molecule has 4 nitrogen and oxygen atoms in total. The van der Waals surface area contributed by atoms with E-state index in [0.717, 1.165) is 12.1 Å². The third-order valence-electron chi connectivity index (χ3n) is 1.55. The molecule has 0 radical (unpaired) electrons. The second-order valence-corrected chi connectivity index (χ2v) is 2.48. The average molecular weight is 205 g/mol. The van der Waals surface area contributed by atoms with Gasteiger partial charge in [-0.05, 0) is 25.2 Å². The molecule has 0 unspecified atom stereocenters. The van der Waals surface area contributed by atoms with Gasteiger partial charge >= 0.3 is 7.12 Å². The van der Waals surface area contributed by atoms with Crippen molar-refractivity contribution in [3.63, 3.8) is 0 Å². The van der Waals surface area contributed by atoms with E-state index in [-0.39, 0.29) is 4.90 Å². The van der Waals surface area contributed by atoms with Gasteiger partial charge in [-0.1, -0.05) is 0 Å². The van der Waals surface area contributed by atoms with Crippen LogP contribution in [0.5, 0.6) is 0 Å². The van der Waals surface area contributed by atoms with Gasteiger partial charge in [-0.3, -0.25) is 0 Å². The molecule has 5 heteroatoms. The molecule has 1 aromatic heterocycles. The lowest BCUT2D eigenvalue weighted by Crippen LogP contribution is -2.30. The van der Waals surface area contributed by atoms with Crippen molar-refractivity contribution in [3.8, 4) is 0 Å². The molecule has 0 saturated carbocycles. The fraction of sp³-hybridized carbons (Fsp3) is 0.556. The van der Waals surface area contributed by atoms with E-state index in [0.29, 0.717) is 0 Å². The molecule has 76 valence electrons. The summed E-state index contributed by atoms with van der Waals surface area (Å²) in [6.45, 7) is -6.72. The fourth-order valence-electron chi connectivity index (χ4n) is 0.938. The van der Waals surface area contributed by atoms with E-state index < -0.39 is 50.8 Å². The summed E-state index contributed by atoms with van der Waals surface area (Å²) in [4.78, 5) is 0.00715. The van der Waals surface area contributed by atoms with Gasteiger partial charge in [0.25, 0.3) is 0 Å². The standard InChI is InChI=1S/C9H14BNO3/c12-10(13)8-4-5-9(14-8)11-6-2-1-3-7-11/h4-5,12-13H,1-3,6-7H2/i1D2,2D2,3D2,6D2,7D2. The zero-order valence-electron chi connectivity index (χ0n) is 17.0. The Morgan fingerprint density at radius 2 is 2.00 bits per heavy atom. The normalized spacial score (nSPS) is 45.7. The molecular weight excluding hydrogens is 181 g/mol. The molecule has 0 spiro atoms. The summed E-state index contributed by atoms with van der Waals surface area (Å²) in [5.41, 5.74) is -0.494. The SMILES string of the molecule is [2H]C1([2H])N(c2ccc(B(O)O)o2)C([2H])([2H])C([2H])([2H])C([2H])([2H])C1([2H])[2H]. The van der Waals surface area contributed by atoms with Crippen molar-refractivity contribution in [1.29, 1.82) is 0 Å². The highest BCUT2D eigenvalue weighted by atomic mass is 16.4. The Morgan fingerprint density at radius 3 is 2.57 bits per heavy atom. The highest BCUT2D eigenvalue weighted by molar-refractivity contribution is 6.57. The molecule has 1 aromatic rings. The topological polar surface area (TPSA) is 56.8 Å². The summed E-state index contributed by atoms with van der Waals surface area (Å²) in [5, 5.41) is 18.1. The third-order valence-corrected chi connectivity index (χ3v) is 1.55. The van der Waals surface area contributed by atoms with Gasteiger partial charge in [-0.15, -0.1) is 0 Å². The lowest BCUT2D eigenvalue weighted by atomic mass is 9.88. The smallest absolute Gasteiger partial charge is 0.449 e. The van der Waals surface area contributed by atoms with Crippen molar-refractivity contribution in [2.75, 3.05) is 17.9 Å². The largest absolute Gasteiger partial charge is 0.526 e. The van der Waals surface area contributed by atoms with Crippen molar-refractivity contribution < 1.29 is 28.2 Å². The van der Waals surface area contributed by atoms with Crippen molar-refractivity contribution >= 4 is 18.7 Å². The molecular formula is C9H14BNO3. The molecule has 0 atom stereocenters. The summed E-state index contributed by atoms with van der Waals surface area (Å²) in [5.74, 6) is -0.712. The van der Waals surface area contributed by atoms with Crippen molar-refractivity contribution in [2.45, 2.75) is 19.1 Å². The van der Waals surface area contributed by atoms with Gasteiger partial charge in [0.2, 0.25) is 0 Å². The van der Waals surface area contributed by atoms with E-state index in [2.05, 4.69) is 0 Å². The first-order chi connectivity index (χ1) is 10.5. The van der Waals surface area contributed by atoms with Crippen LogP contribution >= 0.6 is 0 Å². The molecule has 0 aromatic carbocycles. The van der Waals surface area contributed by atoms with Gasteiger partial charge in [0.15, 0.2) is 5.88 Å². The minimum Gasteiger partial charge on any atom is -0.449 e. The first-order valence-electron chi connectivity index (χ1n) is 8.79. The van der Waals surface area contributed by atoms with Crippen molar-refractivity contribution in [2.24, 2.45) is 0 Å². The molecule has 2 rings (SSSR count). The van der Waals surface area contributed by atoms with Crippen LogP contribution in [0.15, 0.2) is 16.5 Å². The summed E-state index contributed by atoms with van der Waals surface area (Å²) in [7, 11) is -2.10. The molecule has 2 N–H and O–H groups in total. The first kappa shape index (κ1) is 3.28. The maximum atomic E-state index is 9.03. The van der Waals surface area contributed by atoms with Crippen LogP contribution < -0.4 is 10.6 Å². The van der Waals surface area contributed by atoms with Gasteiger partial charge in [0.05, 0.1) is 0 Å². The highest BCUT2D eigenvalue weighted by Crippen LogP contribution is 2.18. The molecule has 1 aliphatic rings. The third kappa shape index (κ3) is 1.94. The maximum Gasteiger partial charge on any atom is 0.526 e. The van der Waals surface area contributed by atoms with Gasteiger partial charge in [-0.2, -0.15) is 0 Å². The Kier molecular flexibility index (Phi) is 0.953. The predicted molar refractivity (Wildman–Crippen MR) is 54.6 cm³/mol. The Labute approximate surface area is 97.3 Å². The van der Waals surface area contributed by atoms with Crippen LogP contribution in [-0.2, 0) is 0 Å². The van der Waals surface area contributed by atoms with Crippen LogP contribution in [0, 0.1) is 0 Å². The molecule has 1 saturated heterocycles. The lowest BCUT2D eigenvalue weighted by molar-refractivity contribution is 0.408. The number of anilines is 1. The molecule has 2 heterocycles. The molecule has 1 fully saturated rings. The van der Waals surface area contributed by atoms with E-state index in [4.69, 9.17) is 28.2 Å². The summed E-state index contributed by atoms with van der Waals surface area (Å²) >= 11 is 0. The summed E-state index contributed by atoms with van der Waals surface area (Å²) in [6, 6.07) is 1.89. The second-order valence-electron chi connectivity index (χ2n) is 2.48.